The van der Waals surface area contributed by atoms with E-state index in [0.717, 1.165) is 32.8 Å². The molecule has 1 saturated heterocycles. The number of H-pyrrole nitrogens is 1. The van der Waals surface area contributed by atoms with E-state index >= 15 is 0 Å². The van der Waals surface area contributed by atoms with Crippen molar-refractivity contribution in [3.8, 4) is 0 Å². The highest BCUT2D eigenvalue weighted by atomic mass is 16.5. The molecule has 0 bridgehead atoms. The number of aromatic amines is 1. The van der Waals surface area contributed by atoms with Crippen LogP contribution in [-0.4, -0.2) is 70.3 Å². The van der Waals surface area contributed by atoms with Crippen LogP contribution in [0.25, 0.3) is 0 Å². The standard InChI is InChI=1S/C9H16N6O2/c1-7(6-15-2-4-17-5-3-15)10-9(16)8-11-13-14-12-8/h7H,2-6H2,1H3,(H,10,16)(H,11,12,13,14). The summed E-state index contributed by atoms with van der Waals surface area (Å²) in [4.78, 5) is 13.9. The third kappa shape index (κ3) is 3.46. The zero-order chi connectivity index (χ0) is 12.1. The summed E-state index contributed by atoms with van der Waals surface area (Å²) in [6, 6.07) is 0.0408. The fourth-order valence-corrected chi connectivity index (χ4v) is 1.76. The number of aromatic nitrogens is 4. The summed E-state index contributed by atoms with van der Waals surface area (Å²) in [7, 11) is 0. The molecule has 0 aromatic carbocycles. The predicted molar refractivity (Wildman–Crippen MR) is 58.4 cm³/mol. The quantitative estimate of drug-likeness (QED) is 0.675. The van der Waals surface area contributed by atoms with Crippen LogP contribution in [0.1, 0.15) is 17.5 Å². The number of tetrazole rings is 1. The Bertz CT molecular complexity index is 348. The van der Waals surface area contributed by atoms with Crippen molar-refractivity contribution in [1.82, 2.24) is 30.8 Å². The molecule has 2 N–H and O–H groups in total. The van der Waals surface area contributed by atoms with Crippen molar-refractivity contribution in [2.45, 2.75) is 13.0 Å². The van der Waals surface area contributed by atoms with Gasteiger partial charge in [-0.1, -0.05) is 0 Å². The third-order valence-electron chi connectivity index (χ3n) is 2.56. The molecule has 0 radical (unpaired) electrons. The first-order valence-electron chi connectivity index (χ1n) is 5.60. The van der Waals surface area contributed by atoms with Crippen molar-refractivity contribution in [2.24, 2.45) is 0 Å². The van der Waals surface area contributed by atoms with Crippen LogP contribution in [0.5, 0.6) is 0 Å². The second-order valence-electron chi connectivity index (χ2n) is 4.02. The van der Waals surface area contributed by atoms with Crippen molar-refractivity contribution in [2.75, 3.05) is 32.8 Å². The zero-order valence-corrected chi connectivity index (χ0v) is 9.72. The molecule has 1 aromatic heterocycles. The van der Waals surface area contributed by atoms with Gasteiger partial charge in [0.05, 0.1) is 13.2 Å². The molecule has 2 rings (SSSR count). The maximum Gasteiger partial charge on any atom is 0.293 e. The van der Waals surface area contributed by atoms with E-state index in [9.17, 15) is 4.79 Å². The summed E-state index contributed by atoms with van der Waals surface area (Å²) in [5.74, 6) is -0.238. The summed E-state index contributed by atoms with van der Waals surface area (Å²) in [6.07, 6.45) is 0. The second kappa shape index (κ2) is 5.69. The molecule has 1 unspecified atom stereocenters. The molecule has 2 heterocycles. The lowest BCUT2D eigenvalue weighted by Crippen LogP contribution is -2.46. The average molecular weight is 240 g/mol. The Balaban J connectivity index is 1.76. The highest BCUT2D eigenvalue weighted by Gasteiger charge is 2.17. The first-order chi connectivity index (χ1) is 8.25. The van der Waals surface area contributed by atoms with E-state index in [4.69, 9.17) is 4.74 Å². The van der Waals surface area contributed by atoms with Gasteiger partial charge in [-0.2, -0.15) is 5.21 Å². The molecule has 1 aromatic rings. The third-order valence-corrected chi connectivity index (χ3v) is 2.56. The van der Waals surface area contributed by atoms with Crippen molar-refractivity contribution in [3.63, 3.8) is 0 Å². The Labute approximate surface area is 98.7 Å². The van der Waals surface area contributed by atoms with Crippen LogP contribution in [0.2, 0.25) is 0 Å². The van der Waals surface area contributed by atoms with Crippen LogP contribution in [0.4, 0.5) is 0 Å². The van der Waals surface area contributed by atoms with Gasteiger partial charge in [-0.05, 0) is 12.1 Å². The molecule has 1 fully saturated rings. The van der Waals surface area contributed by atoms with Crippen molar-refractivity contribution in [1.29, 1.82) is 0 Å². The lowest BCUT2D eigenvalue weighted by Gasteiger charge is -2.29. The van der Waals surface area contributed by atoms with Crippen LogP contribution in [0, 0.1) is 0 Å². The number of rotatable bonds is 4. The monoisotopic (exact) mass is 240 g/mol. The van der Waals surface area contributed by atoms with Gasteiger partial charge in [-0.3, -0.25) is 9.69 Å². The number of hydrogen-bond donors (Lipinski definition) is 2. The lowest BCUT2D eigenvalue weighted by atomic mass is 10.3. The largest absolute Gasteiger partial charge is 0.379 e. The van der Waals surface area contributed by atoms with E-state index < -0.39 is 0 Å². The second-order valence-corrected chi connectivity index (χ2v) is 4.02. The van der Waals surface area contributed by atoms with Gasteiger partial charge < -0.3 is 10.1 Å². The topological polar surface area (TPSA) is 96.0 Å². The zero-order valence-electron chi connectivity index (χ0n) is 9.72. The van der Waals surface area contributed by atoms with E-state index in [2.05, 4.69) is 30.8 Å². The van der Waals surface area contributed by atoms with E-state index in [1.165, 1.54) is 0 Å². The van der Waals surface area contributed by atoms with Gasteiger partial charge in [-0.25, -0.2) is 0 Å². The summed E-state index contributed by atoms with van der Waals surface area (Å²) in [5.41, 5.74) is 0. The molecule has 94 valence electrons. The summed E-state index contributed by atoms with van der Waals surface area (Å²) < 4.78 is 5.26. The summed E-state index contributed by atoms with van der Waals surface area (Å²) in [6.45, 7) is 6.07. The predicted octanol–water partition coefficient (Wildman–Crippen LogP) is -1.35. The molecule has 1 aliphatic heterocycles. The number of hydrogen-bond acceptors (Lipinski definition) is 6. The molecule has 0 saturated carbocycles. The van der Waals surface area contributed by atoms with E-state index in [1.807, 2.05) is 6.92 Å². The van der Waals surface area contributed by atoms with Crippen molar-refractivity contribution < 1.29 is 9.53 Å². The van der Waals surface area contributed by atoms with E-state index in [-0.39, 0.29) is 17.8 Å². The molecule has 1 atom stereocenters. The van der Waals surface area contributed by atoms with Crippen molar-refractivity contribution >= 4 is 5.91 Å². The first-order valence-corrected chi connectivity index (χ1v) is 5.60. The smallest absolute Gasteiger partial charge is 0.293 e. The summed E-state index contributed by atoms with van der Waals surface area (Å²) in [5, 5.41) is 15.7. The number of nitrogens with zero attached hydrogens (tertiary/aromatic N) is 4. The van der Waals surface area contributed by atoms with Gasteiger partial charge in [0.25, 0.3) is 11.7 Å². The molecular weight excluding hydrogens is 224 g/mol. The Kier molecular flexibility index (Phi) is 3.99. The minimum absolute atomic E-state index is 0.0408. The van der Waals surface area contributed by atoms with Gasteiger partial charge in [-0.15, -0.1) is 10.2 Å². The molecule has 0 spiro atoms. The van der Waals surface area contributed by atoms with E-state index in [0.29, 0.717) is 0 Å². The molecular formula is C9H16N6O2. The number of nitrogens with one attached hydrogen (secondary N) is 2. The fraction of sp³-hybridized carbons (Fsp3) is 0.778. The number of carbonyl (C=O) groups excluding carboxylic acids is 1. The van der Waals surface area contributed by atoms with Gasteiger partial charge in [0, 0.05) is 25.7 Å². The Morgan fingerprint density at radius 3 is 3.00 bits per heavy atom. The number of carbonyl (C=O) groups is 1. The first kappa shape index (κ1) is 11.9. The van der Waals surface area contributed by atoms with Crippen LogP contribution >= 0.6 is 0 Å². The van der Waals surface area contributed by atoms with Crippen LogP contribution in [-0.2, 0) is 4.74 Å². The fourth-order valence-electron chi connectivity index (χ4n) is 1.76. The Morgan fingerprint density at radius 1 is 1.59 bits per heavy atom. The van der Waals surface area contributed by atoms with Crippen LogP contribution in [0.3, 0.4) is 0 Å². The Hall–Kier alpha value is -1.54. The minimum atomic E-state index is -0.306. The highest BCUT2D eigenvalue weighted by Crippen LogP contribution is 1.98. The van der Waals surface area contributed by atoms with Gasteiger partial charge in [0.2, 0.25) is 0 Å². The molecule has 8 heteroatoms. The molecule has 1 amide bonds. The molecule has 0 aliphatic carbocycles. The Morgan fingerprint density at radius 2 is 2.35 bits per heavy atom. The molecule has 17 heavy (non-hydrogen) atoms. The lowest BCUT2D eigenvalue weighted by molar-refractivity contribution is 0.0342. The summed E-state index contributed by atoms with van der Waals surface area (Å²) >= 11 is 0. The SMILES string of the molecule is CC(CN1CCOCC1)NC(=O)c1nn[nH]n1. The van der Waals surface area contributed by atoms with Gasteiger partial charge in [0.15, 0.2) is 0 Å². The number of ether oxygens (including phenoxy) is 1. The van der Waals surface area contributed by atoms with Crippen LogP contribution in [0.15, 0.2) is 0 Å². The minimum Gasteiger partial charge on any atom is -0.379 e. The maximum absolute atomic E-state index is 11.6. The maximum atomic E-state index is 11.6. The number of amides is 1. The van der Waals surface area contributed by atoms with Crippen LogP contribution < -0.4 is 5.32 Å². The van der Waals surface area contributed by atoms with E-state index in [1.54, 1.807) is 0 Å². The average Bonchev–Trinajstić information content (AvgIpc) is 2.83. The normalized spacial score (nSPS) is 18.9. The van der Waals surface area contributed by atoms with Gasteiger partial charge >= 0.3 is 0 Å². The van der Waals surface area contributed by atoms with Gasteiger partial charge in [0.1, 0.15) is 0 Å². The van der Waals surface area contributed by atoms with Crippen molar-refractivity contribution in [3.05, 3.63) is 5.82 Å². The molecule has 8 nitrogen and oxygen atoms in total. The number of morpholine rings is 1. The highest BCUT2D eigenvalue weighted by molar-refractivity contribution is 5.90. The molecule has 1 aliphatic rings.